The quantitative estimate of drug-likeness (QED) is 0.635. The van der Waals surface area contributed by atoms with Crippen LogP contribution in [-0.4, -0.2) is 28.8 Å². The number of amides is 1. The summed E-state index contributed by atoms with van der Waals surface area (Å²) < 4.78 is 4.82. The van der Waals surface area contributed by atoms with Gasteiger partial charge in [0.05, 0.1) is 11.6 Å². The summed E-state index contributed by atoms with van der Waals surface area (Å²) in [5.41, 5.74) is 0.580. The lowest BCUT2D eigenvalue weighted by Gasteiger charge is -2.06. The van der Waals surface area contributed by atoms with E-state index in [4.69, 9.17) is 27.9 Å². The Hall–Kier alpha value is -1.04. The Morgan fingerprint density at radius 1 is 1.47 bits per heavy atom. The molecule has 0 saturated heterocycles. The molecule has 1 unspecified atom stereocenters. The van der Waals surface area contributed by atoms with Gasteiger partial charge in [-0.25, -0.2) is 4.99 Å². The van der Waals surface area contributed by atoms with Crippen molar-refractivity contribution in [3.05, 3.63) is 33.8 Å². The second-order valence-electron chi connectivity index (χ2n) is 3.63. The molecule has 1 aliphatic heterocycles. The van der Waals surface area contributed by atoms with Crippen molar-refractivity contribution in [2.24, 2.45) is 4.99 Å². The van der Waals surface area contributed by atoms with Crippen LogP contribution in [0.15, 0.2) is 23.2 Å². The number of aliphatic imine (C=N–C) groups is 1. The van der Waals surface area contributed by atoms with Gasteiger partial charge in [0.1, 0.15) is 5.04 Å². The summed E-state index contributed by atoms with van der Waals surface area (Å²) in [5, 5.41) is 0.341. The van der Waals surface area contributed by atoms with Crippen LogP contribution < -0.4 is 0 Å². The first-order chi connectivity index (χ1) is 9.02. The molecule has 1 heterocycles. The first-order valence-corrected chi connectivity index (χ1v) is 7.07. The average molecular weight is 318 g/mol. The molecule has 0 aliphatic carbocycles. The number of carbonyl (C=O) groups excluding carboxylic acids is 2. The summed E-state index contributed by atoms with van der Waals surface area (Å²) in [6, 6.07) is 4.87. The molecule has 0 saturated carbocycles. The maximum atomic E-state index is 11.7. The van der Waals surface area contributed by atoms with Crippen LogP contribution in [0.3, 0.4) is 0 Å². The Bertz CT molecular complexity index is 574. The topological polar surface area (TPSA) is 55.7 Å². The fraction of sp³-hybridized carbons (Fsp3) is 0.250. The van der Waals surface area contributed by atoms with Crippen LogP contribution in [0.25, 0.3) is 0 Å². The van der Waals surface area contributed by atoms with Crippen molar-refractivity contribution in [3.63, 3.8) is 0 Å². The van der Waals surface area contributed by atoms with Gasteiger partial charge in [-0.3, -0.25) is 9.59 Å². The SMILES string of the molecule is CCOC(=O)C1SC(c2ccc(Cl)cc2Cl)=NC1=O. The summed E-state index contributed by atoms with van der Waals surface area (Å²) in [6.07, 6.45) is 0. The third-order valence-corrected chi connectivity index (χ3v) is 4.04. The molecule has 1 aromatic rings. The van der Waals surface area contributed by atoms with Gasteiger partial charge in [-0.15, -0.1) is 0 Å². The van der Waals surface area contributed by atoms with E-state index in [2.05, 4.69) is 4.99 Å². The van der Waals surface area contributed by atoms with Crippen molar-refractivity contribution >= 4 is 51.9 Å². The van der Waals surface area contributed by atoms with E-state index in [1.54, 1.807) is 25.1 Å². The molecular formula is C12H9Cl2NO3S. The minimum atomic E-state index is -0.943. The highest BCUT2D eigenvalue weighted by Crippen LogP contribution is 2.32. The number of ether oxygens (including phenoxy) is 1. The van der Waals surface area contributed by atoms with Crippen molar-refractivity contribution in [1.82, 2.24) is 0 Å². The average Bonchev–Trinajstić information content (AvgIpc) is 2.71. The molecule has 2 rings (SSSR count). The van der Waals surface area contributed by atoms with Crippen molar-refractivity contribution in [2.75, 3.05) is 6.61 Å². The molecule has 7 heteroatoms. The van der Waals surface area contributed by atoms with Crippen LogP contribution in [-0.2, 0) is 14.3 Å². The second-order valence-corrected chi connectivity index (χ2v) is 5.57. The van der Waals surface area contributed by atoms with Crippen LogP contribution in [0.5, 0.6) is 0 Å². The van der Waals surface area contributed by atoms with Gasteiger partial charge in [0.25, 0.3) is 5.91 Å². The number of benzene rings is 1. The number of hydrogen-bond acceptors (Lipinski definition) is 4. The Balaban J connectivity index is 2.22. The van der Waals surface area contributed by atoms with Crippen molar-refractivity contribution in [2.45, 2.75) is 12.2 Å². The maximum absolute atomic E-state index is 11.7. The Morgan fingerprint density at radius 3 is 2.84 bits per heavy atom. The molecule has 0 N–H and O–H groups in total. The van der Waals surface area contributed by atoms with Gasteiger partial charge in [0.2, 0.25) is 0 Å². The lowest BCUT2D eigenvalue weighted by Crippen LogP contribution is -2.25. The second kappa shape index (κ2) is 5.94. The number of rotatable bonds is 3. The van der Waals surface area contributed by atoms with E-state index in [1.165, 1.54) is 0 Å². The predicted molar refractivity (Wildman–Crippen MR) is 76.0 cm³/mol. The van der Waals surface area contributed by atoms with Gasteiger partial charge in [-0.2, -0.15) is 0 Å². The molecule has 19 heavy (non-hydrogen) atoms. The van der Waals surface area contributed by atoms with E-state index in [1.807, 2.05) is 0 Å². The zero-order chi connectivity index (χ0) is 14.0. The van der Waals surface area contributed by atoms with Crippen LogP contribution in [0.2, 0.25) is 10.0 Å². The van der Waals surface area contributed by atoms with Crippen molar-refractivity contribution in [1.29, 1.82) is 0 Å². The van der Waals surface area contributed by atoms with E-state index in [0.29, 0.717) is 20.7 Å². The highest BCUT2D eigenvalue weighted by Gasteiger charge is 2.36. The Labute approximate surface area is 124 Å². The molecule has 0 fully saturated rings. The predicted octanol–water partition coefficient (Wildman–Crippen LogP) is 2.95. The van der Waals surface area contributed by atoms with E-state index >= 15 is 0 Å². The third-order valence-electron chi connectivity index (χ3n) is 2.33. The van der Waals surface area contributed by atoms with Crippen LogP contribution in [0.4, 0.5) is 0 Å². The third kappa shape index (κ3) is 3.11. The molecule has 4 nitrogen and oxygen atoms in total. The van der Waals surface area contributed by atoms with E-state index in [0.717, 1.165) is 11.8 Å². The molecule has 0 spiro atoms. The van der Waals surface area contributed by atoms with Crippen LogP contribution >= 0.6 is 35.0 Å². The maximum Gasteiger partial charge on any atom is 0.329 e. The summed E-state index contributed by atoms with van der Waals surface area (Å²) in [5.74, 6) is -1.11. The number of hydrogen-bond donors (Lipinski definition) is 0. The largest absolute Gasteiger partial charge is 0.465 e. The number of nitrogens with zero attached hydrogens (tertiary/aromatic N) is 1. The molecule has 1 atom stereocenters. The summed E-state index contributed by atoms with van der Waals surface area (Å²) in [6.45, 7) is 1.90. The first-order valence-electron chi connectivity index (χ1n) is 5.44. The molecule has 0 aromatic heterocycles. The zero-order valence-electron chi connectivity index (χ0n) is 9.85. The first kappa shape index (κ1) is 14.4. The summed E-state index contributed by atoms with van der Waals surface area (Å²) in [7, 11) is 0. The van der Waals surface area contributed by atoms with Gasteiger partial charge < -0.3 is 4.74 Å². The van der Waals surface area contributed by atoms with E-state index in [-0.39, 0.29) is 6.61 Å². The molecule has 0 radical (unpaired) electrons. The normalized spacial score (nSPS) is 18.4. The molecular weight excluding hydrogens is 309 g/mol. The number of halogens is 2. The summed E-state index contributed by atoms with van der Waals surface area (Å²) in [4.78, 5) is 27.1. The van der Waals surface area contributed by atoms with E-state index < -0.39 is 17.1 Å². The fourth-order valence-electron chi connectivity index (χ4n) is 1.50. The van der Waals surface area contributed by atoms with Crippen molar-refractivity contribution in [3.8, 4) is 0 Å². The molecule has 0 bridgehead atoms. The summed E-state index contributed by atoms with van der Waals surface area (Å²) >= 11 is 12.9. The molecule has 1 aliphatic rings. The number of thioether (sulfide) groups is 1. The van der Waals surface area contributed by atoms with Gasteiger partial charge in [-0.1, -0.05) is 35.0 Å². The van der Waals surface area contributed by atoms with Gasteiger partial charge in [0, 0.05) is 10.6 Å². The monoisotopic (exact) mass is 317 g/mol. The lowest BCUT2D eigenvalue weighted by atomic mass is 10.2. The molecule has 1 amide bonds. The van der Waals surface area contributed by atoms with E-state index in [9.17, 15) is 9.59 Å². The Kier molecular flexibility index (Phi) is 4.50. The standard InChI is InChI=1S/C12H9Cl2NO3S/c1-2-18-12(17)9-10(16)15-11(19-9)7-4-3-6(13)5-8(7)14/h3-5,9H,2H2,1H3. The zero-order valence-corrected chi connectivity index (χ0v) is 12.2. The van der Waals surface area contributed by atoms with Gasteiger partial charge in [0.15, 0.2) is 5.25 Å². The fourth-order valence-corrected chi connectivity index (χ4v) is 3.04. The number of esters is 1. The van der Waals surface area contributed by atoms with Crippen molar-refractivity contribution < 1.29 is 14.3 Å². The number of carbonyl (C=O) groups is 2. The van der Waals surface area contributed by atoms with Crippen LogP contribution in [0.1, 0.15) is 12.5 Å². The highest BCUT2D eigenvalue weighted by atomic mass is 35.5. The highest BCUT2D eigenvalue weighted by molar-refractivity contribution is 8.16. The van der Waals surface area contributed by atoms with Gasteiger partial charge in [-0.05, 0) is 25.1 Å². The molecule has 1 aromatic carbocycles. The minimum absolute atomic E-state index is 0.222. The smallest absolute Gasteiger partial charge is 0.329 e. The minimum Gasteiger partial charge on any atom is -0.465 e. The molecule has 100 valence electrons. The van der Waals surface area contributed by atoms with Gasteiger partial charge >= 0.3 is 5.97 Å². The lowest BCUT2D eigenvalue weighted by molar-refractivity contribution is -0.144. The van der Waals surface area contributed by atoms with Crippen LogP contribution in [0, 0.1) is 0 Å². The Morgan fingerprint density at radius 2 is 2.21 bits per heavy atom.